The van der Waals surface area contributed by atoms with Crippen molar-refractivity contribution in [1.29, 1.82) is 0 Å². The summed E-state index contributed by atoms with van der Waals surface area (Å²) in [6.45, 7) is 1.50. The van der Waals surface area contributed by atoms with Gasteiger partial charge in [0, 0.05) is 24.7 Å². The molecule has 106 valence electrons. The lowest BCUT2D eigenvalue weighted by Gasteiger charge is -2.26. The lowest BCUT2D eigenvalue weighted by molar-refractivity contribution is 0.0730. The molecule has 0 atom stereocenters. The minimum absolute atomic E-state index is 0.00372. The van der Waals surface area contributed by atoms with E-state index in [0.717, 1.165) is 0 Å². The zero-order chi connectivity index (χ0) is 14.0. The minimum atomic E-state index is -3.67. The quantitative estimate of drug-likeness (QED) is 0.913. The van der Waals surface area contributed by atoms with Gasteiger partial charge in [-0.2, -0.15) is 4.31 Å². The summed E-state index contributed by atoms with van der Waals surface area (Å²) in [5.41, 5.74) is 6.05. The van der Waals surface area contributed by atoms with Gasteiger partial charge in [0.15, 0.2) is 0 Å². The number of benzene rings is 1. The van der Waals surface area contributed by atoms with Crippen molar-refractivity contribution in [3.63, 3.8) is 0 Å². The average Bonchev–Trinajstić information content (AvgIpc) is 2.41. The van der Waals surface area contributed by atoms with Crippen molar-refractivity contribution in [2.45, 2.75) is 11.4 Å². The van der Waals surface area contributed by atoms with Gasteiger partial charge in [-0.3, -0.25) is 0 Å². The van der Waals surface area contributed by atoms with E-state index in [1.54, 1.807) is 6.07 Å². The van der Waals surface area contributed by atoms with Crippen LogP contribution in [0.2, 0.25) is 10.0 Å². The average molecular weight is 325 g/mol. The SMILES string of the molecule is NCc1cc(Cl)cc(S(=O)(=O)N2CCOCC2)c1Cl. The normalized spacial score (nSPS) is 17.6. The van der Waals surface area contributed by atoms with Crippen LogP contribution in [0.25, 0.3) is 0 Å². The van der Waals surface area contributed by atoms with Crippen molar-refractivity contribution in [1.82, 2.24) is 4.31 Å². The van der Waals surface area contributed by atoms with Crippen LogP contribution in [0.4, 0.5) is 0 Å². The fourth-order valence-electron chi connectivity index (χ4n) is 1.88. The molecule has 5 nitrogen and oxygen atoms in total. The van der Waals surface area contributed by atoms with Gasteiger partial charge in [-0.1, -0.05) is 23.2 Å². The highest BCUT2D eigenvalue weighted by Gasteiger charge is 2.29. The third-order valence-electron chi connectivity index (χ3n) is 2.89. The molecule has 0 amide bonds. The van der Waals surface area contributed by atoms with Gasteiger partial charge in [0.2, 0.25) is 10.0 Å². The van der Waals surface area contributed by atoms with E-state index in [9.17, 15) is 8.42 Å². The lowest BCUT2D eigenvalue weighted by Crippen LogP contribution is -2.40. The first-order valence-corrected chi connectivity index (χ1v) is 7.92. The van der Waals surface area contributed by atoms with Crippen molar-refractivity contribution in [2.75, 3.05) is 26.3 Å². The van der Waals surface area contributed by atoms with Crippen LogP contribution < -0.4 is 5.73 Å². The summed E-state index contributed by atoms with van der Waals surface area (Å²) in [5, 5.41) is 0.440. The Morgan fingerprint density at radius 2 is 1.89 bits per heavy atom. The van der Waals surface area contributed by atoms with Gasteiger partial charge in [0.05, 0.1) is 18.2 Å². The molecule has 1 aromatic carbocycles. The molecule has 0 saturated carbocycles. The number of sulfonamides is 1. The minimum Gasteiger partial charge on any atom is -0.379 e. The summed E-state index contributed by atoms with van der Waals surface area (Å²) in [7, 11) is -3.67. The Morgan fingerprint density at radius 3 is 2.47 bits per heavy atom. The van der Waals surface area contributed by atoms with E-state index in [0.29, 0.717) is 36.9 Å². The lowest BCUT2D eigenvalue weighted by atomic mass is 10.2. The van der Waals surface area contributed by atoms with Crippen LogP contribution in [0.5, 0.6) is 0 Å². The molecule has 0 aliphatic carbocycles. The first-order chi connectivity index (χ1) is 8.96. The van der Waals surface area contributed by atoms with Gasteiger partial charge < -0.3 is 10.5 Å². The summed E-state index contributed by atoms with van der Waals surface area (Å²) in [6, 6.07) is 2.93. The number of morpholine rings is 1. The predicted molar refractivity (Wildman–Crippen MR) is 73.9 cm³/mol. The summed E-state index contributed by atoms with van der Waals surface area (Å²) in [5.74, 6) is 0. The second-order valence-electron chi connectivity index (χ2n) is 4.10. The van der Waals surface area contributed by atoms with Crippen LogP contribution in [-0.4, -0.2) is 39.0 Å². The third-order valence-corrected chi connectivity index (χ3v) is 5.59. The number of ether oxygens (including phenoxy) is 1. The number of rotatable bonds is 3. The van der Waals surface area contributed by atoms with E-state index in [-0.39, 0.29) is 16.5 Å². The van der Waals surface area contributed by atoms with Gasteiger partial charge in [-0.25, -0.2) is 8.42 Å². The van der Waals surface area contributed by atoms with Crippen molar-refractivity contribution in [3.8, 4) is 0 Å². The van der Waals surface area contributed by atoms with Crippen LogP contribution in [0.3, 0.4) is 0 Å². The summed E-state index contributed by atoms with van der Waals surface area (Å²) >= 11 is 12.0. The molecule has 1 heterocycles. The van der Waals surface area contributed by atoms with Gasteiger partial charge >= 0.3 is 0 Å². The molecule has 1 saturated heterocycles. The first-order valence-electron chi connectivity index (χ1n) is 5.72. The molecule has 1 aliphatic heterocycles. The Hall–Kier alpha value is -0.370. The molecule has 0 bridgehead atoms. The molecular formula is C11H14Cl2N2O3S. The molecule has 19 heavy (non-hydrogen) atoms. The molecule has 0 radical (unpaired) electrons. The van der Waals surface area contributed by atoms with Crippen LogP contribution in [0.1, 0.15) is 5.56 Å². The van der Waals surface area contributed by atoms with E-state index in [2.05, 4.69) is 0 Å². The Labute approximate surface area is 122 Å². The van der Waals surface area contributed by atoms with Crippen molar-refractivity contribution in [2.24, 2.45) is 5.73 Å². The molecule has 1 aromatic rings. The molecule has 0 unspecified atom stereocenters. The molecular weight excluding hydrogens is 311 g/mol. The molecule has 2 rings (SSSR count). The number of hydrogen-bond donors (Lipinski definition) is 1. The zero-order valence-corrected chi connectivity index (χ0v) is 12.4. The topological polar surface area (TPSA) is 72.6 Å². The smallest absolute Gasteiger partial charge is 0.244 e. The molecule has 0 aromatic heterocycles. The molecule has 0 spiro atoms. The standard InChI is InChI=1S/C11H14Cl2N2O3S/c12-9-5-8(7-14)11(13)10(6-9)19(16,17)15-1-3-18-4-2-15/h5-6H,1-4,7,14H2. The summed E-state index contributed by atoms with van der Waals surface area (Å²) in [4.78, 5) is 0.00372. The Kier molecular flexibility index (Phi) is 4.70. The van der Waals surface area contributed by atoms with Crippen LogP contribution in [0.15, 0.2) is 17.0 Å². The number of nitrogens with two attached hydrogens (primary N) is 1. The van der Waals surface area contributed by atoms with Crippen LogP contribution in [-0.2, 0) is 21.3 Å². The van der Waals surface area contributed by atoms with Crippen LogP contribution in [0, 0.1) is 0 Å². The molecule has 8 heteroatoms. The van der Waals surface area contributed by atoms with E-state index in [1.165, 1.54) is 10.4 Å². The maximum absolute atomic E-state index is 12.5. The van der Waals surface area contributed by atoms with Crippen LogP contribution >= 0.6 is 23.2 Å². The van der Waals surface area contributed by atoms with E-state index in [1.807, 2.05) is 0 Å². The van der Waals surface area contributed by atoms with Gasteiger partial charge in [-0.15, -0.1) is 0 Å². The Balaban J connectivity index is 2.47. The maximum Gasteiger partial charge on any atom is 0.244 e. The molecule has 2 N–H and O–H groups in total. The number of halogens is 2. The van der Waals surface area contributed by atoms with E-state index < -0.39 is 10.0 Å². The van der Waals surface area contributed by atoms with Crippen molar-refractivity contribution < 1.29 is 13.2 Å². The Bertz CT molecular complexity index is 572. The van der Waals surface area contributed by atoms with Crippen molar-refractivity contribution >= 4 is 33.2 Å². The highest BCUT2D eigenvalue weighted by atomic mass is 35.5. The largest absolute Gasteiger partial charge is 0.379 e. The highest BCUT2D eigenvalue weighted by molar-refractivity contribution is 7.89. The van der Waals surface area contributed by atoms with Gasteiger partial charge in [0.25, 0.3) is 0 Å². The monoisotopic (exact) mass is 324 g/mol. The van der Waals surface area contributed by atoms with Gasteiger partial charge in [0.1, 0.15) is 4.90 Å². The third kappa shape index (κ3) is 3.04. The summed E-state index contributed by atoms with van der Waals surface area (Å²) in [6.07, 6.45) is 0. The second kappa shape index (κ2) is 5.95. The number of hydrogen-bond acceptors (Lipinski definition) is 4. The van der Waals surface area contributed by atoms with Crippen molar-refractivity contribution in [3.05, 3.63) is 27.7 Å². The highest BCUT2D eigenvalue weighted by Crippen LogP contribution is 2.31. The number of nitrogens with zero attached hydrogens (tertiary/aromatic N) is 1. The Morgan fingerprint density at radius 1 is 1.26 bits per heavy atom. The molecule has 1 fully saturated rings. The maximum atomic E-state index is 12.5. The molecule has 1 aliphatic rings. The van der Waals surface area contributed by atoms with E-state index >= 15 is 0 Å². The first kappa shape index (κ1) is 15.0. The second-order valence-corrected chi connectivity index (χ2v) is 6.82. The summed E-state index contributed by atoms with van der Waals surface area (Å²) < 4.78 is 31.5. The zero-order valence-electron chi connectivity index (χ0n) is 10.1. The van der Waals surface area contributed by atoms with Gasteiger partial charge in [-0.05, 0) is 17.7 Å². The fourth-order valence-corrected chi connectivity index (χ4v) is 4.21. The predicted octanol–water partition coefficient (Wildman–Crippen LogP) is 1.47. The fraction of sp³-hybridized carbons (Fsp3) is 0.455. The van der Waals surface area contributed by atoms with E-state index in [4.69, 9.17) is 33.7 Å².